The highest BCUT2D eigenvalue weighted by Crippen LogP contribution is 2.11. The molecule has 0 saturated carbocycles. The Hall–Kier alpha value is -0.980. The van der Waals surface area contributed by atoms with Gasteiger partial charge in [0.25, 0.3) is 0 Å². The van der Waals surface area contributed by atoms with Crippen molar-refractivity contribution in [1.29, 1.82) is 0 Å². The summed E-state index contributed by atoms with van der Waals surface area (Å²) in [6, 6.07) is 4.01. The maximum atomic E-state index is 10.7. The van der Waals surface area contributed by atoms with Crippen LogP contribution >= 0.6 is 15.9 Å². The number of carboxylic acid groups (broad SMARTS) is 1. The highest BCUT2D eigenvalue weighted by atomic mass is 79.9. The van der Waals surface area contributed by atoms with E-state index in [1.54, 1.807) is 0 Å². The van der Waals surface area contributed by atoms with Crippen molar-refractivity contribution < 1.29 is 9.90 Å². The minimum absolute atomic E-state index is 0.143. The third-order valence-electron chi connectivity index (χ3n) is 3.21. The van der Waals surface area contributed by atoms with Crippen LogP contribution < -0.4 is 0 Å². The third kappa shape index (κ3) is 4.89. The van der Waals surface area contributed by atoms with Gasteiger partial charge in [0.1, 0.15) is 0 Å². The second-order valence-corrected chi connectivity index (χ2v) is 5.68. The van der Waals surface area contributed by atoms with Gasteiger partial charge in [-0.05, 0) is 41.0 Å². The molecule has 0 aromatic carbocycles. The summed E-state index contributed by atoms with van der Waals surface area (Å²) in [7, 11) is 0. The molecule has 6 heteroatoms. The fraction of sp³-hybridized carbons (Fsp3) is 0.538. The van der Waals surface area contributed by atoms with Crippen molar-refractivity contribution in [2.24, 2.45) is 0 Å². The lowest BCUT2D eigenvalue weighted by Gasteiger charge is -2.20. The molecule has 0 aliphatic carbocycles. The van der Waals surface area contributed by atoms with E-state index < -0.39 is 5.97 Å². The summed E-state index contributed by atoms with van der Waals surface area (Å²) in [5.74, 6) is -0.747. The zero-order valence-corrected chi connectivity index (χ0v) is 12.3. The average molecular weight is 328 g/mol. The van der Waals surface area contributed by atoms with Crippen LogP contribution in [0.5, 0.6) is 0 Å². The predicted octanol–water partition coefficient (Wildman–Crippen LogP) is 1.44. The maximum Gasteiger partial charge on any atom is 0.317 e. The molecule has 0 bridgehead atoms. The Morgan fingerprint density at radius 2 is 2.00 bits per heavy atom. The summed E-state index contributed by atoms with van der Waals surface area (Å²) < 4.78 is 0.986. The summed E-state index contributed by atoms with van der Waals surface area (Å²) >= 11 is 3.38. The fourth-order valence-electron chi connectivity index (χ4n) is 2.26. The summed E-state index contributed by atoms with van der Waals surface area (Å²) in [6.07, 6.45) is 2.81. The highest BCUT2D eigenvalue weighted by molar-refractivity contribution is 9.10. The Morgan fingerprint density at radius 1 is 1.26 bits per heavy atom. The third-order valence-corrected chi connectivity index (χ3v) is 3.68. The molecule has 1 aliphatic heterocycles. The molecular weight excluding hydrogens is 310 g/mol. The molecule has 1 aliphatic rings. The normalized spacial score (nSPS) is 18.2. The van der Waals surface area contributed by atoms with E-state index in [9.17, 15) is 4.79 Å². The molecular formula is C13H18BrN3O2. The zero-order valence-electron chi connectivity index (χ0n) is 10.8. The van der Waals surface area contributed by atoms with Crippen molar-refractivity contribution in [3.8, 4) is 0 Å². The first-order chi connectivity index (χ1) is 9.13. The molecule has 0 amide bonds. The van der Waals surface area contributed by atoms with Gasteiger partial charge >= 0.3 is 5.97 Å². The van der Waals surface area contributed by atoms with Gasteiger partial charge in [0, 0.05) is 36.8 Å². The monoisotopic (exact) mass is 327 g/mol. The van der Waals surface area contributed by atoms with Crippen LogP contribution in [-0.4, -0.2) is 58.6 Å². The van der Waals surface area contributed by atoms with E-state index in [0.29, 0.717) is 0 Å². The van der Waals surface area contributed by atoms with Crippen molar-refractivity contribution in [3.05, 3.63) is 28.5 Å². The van der Waals surface area contributed by atoms with Crippen LogP contribution in [0.1, 0.15) is 12.1 Å². The van der Waals surface area contributed by atoms with Crippen LogP contribution in [0.3, 0.4) is 0 Å². The van der Waals surface area contributed by atoms with Crippen molar-refractivity contribution in [3.63, 3.8) is 0 Å². The van der Waals surface area contributed by atoms with Gasteiger partial charge in [0.2, 0.25) is 0 Å². The fourth-order valence-corrected chi connectivity index (χ4v) is 2.50. The molecule has 19 heavy (non-hydrogen) atoms. The molecule has 1 aromatic heterocycles. The van der Waals surface area contributed by atoms with E-state index in [2.05, 4.69) is 25.8 Å². The number of pyridine rings is 1. The van der Waals surface area contributed by atoms with Crippen molar-refractivity contribution in [2.45, 2.75) is 13.0 Å². The molecule has 2 heterocycles. The summed E-state index contributed by atoms with van der Waals surface area (Å²) in [5.41, 5.74) is 1.05. The van der Waals surface area contributed by atoms with E-state index in [4.69, 9.17) is 5.11 Å². The number of rotatable bonds is 4. The first kappa shape index (κ1) is 14.4. The predicted molar refractivity (Wildman–Crippen MR) is 75.9 cm³/mol. The van der Waals surface area contributed by atoms with Crippen LogP contribution in [0.2, 0.25) is 0 Å². The van der Waals surface area contributed by atoms with E-state index >= 15 is 0 Å². The van der Waals surface area contributed by atoms with E-state index in [1.807, 2.05) is 23.2 Å². The second-order valence-electron chi connectivity index (χ2n) is 4.77. The molecule has 1 N–H and O–H groups in total. The number of hydrogen-bond acceptors (Lipinski definition) is 4. The molecule has 104 valence electrons. The van der Waals surface area contributed by atoms with Gasteiger partial charge in [-0.1, -0.05) is 0 Å². The summed E-state index contributed by atoms with van der Waals surface area (Å²) in [4.78, 5) is 19.4. The Labute approximate surface area is 121 Å². The van der Waals surface area contributed by atoms with Gasteiger partial charge in [-0.3, -0.25) is 19.6 Å². The Bertz CT molecular complexity index is 424. The average Bonchev–Trinajstić information content (AvgIpc) is 2.57. The molecule has 5 nitrogen and oxygen atoms in total. The van der Waals surface area contributed by atoms with E-state index in [0.717, 1.165) is 49.3 Å². The van der Waals surface area contributed by atoms with Crippen molar-refractivity contribution >= 4 is 21.9 Å². The molecule has 0 atom stereocenters. The van der Waals surface area contributed by atoms with Gasteiger partial charge in [-0.2, -0.15) is 0 Å². The van der Waals surface area contributed by atoms with Gasteiger partial charge in [-0.25, -0.2) is 0 Å². The molecule has 1 fully saturated rings. The summed E-state index contributed by atoms with van der Waals surface area (Å²) in [6.45, 7) is 4.52. The van der Waals surface area contributed by atoms with E-state index in [1.165, 1.54) is 0 Å². The van der Waals surface area contributed by atoms with Gasteiger partial charge in [0.05, 0.1) is 12.2 Å². The molecule has 0 spiro atoms. The van der Waals surface area contributed by atoms with Crippen LogP contribution in [0, 0.1) is 0 Å². The lowest BCUT2D eigenvalue weighted by Crippen LogP contribution is -2.34. The van der Waals surface area contributed by atoms with E-state index in [-0.39, 0.29) is 6.54 Å². The van der Waals surface area contributed by atoms with Crippen LogP contribution in [0.4, 0.5) is 0 Å². The Balaban J connectivity index is 1.85. The van der Waals surface area contributed by atoms with Crippen molar-refractivity contribution in [1.82, 2.24) is 14.8 Å². The highest BCUT2D eigenvalue weighted by Gasteiger charge is 2.16. The lowest BCUT2D eigenvalue weighted by molar-refractivity contribution is -0.138. The number of aliphatic carboxylic acids is 1. The van der Waals surface area contributed by atoms with Crippen LogP contribution in [0.15, 0.2) is 22.8 Å². The van der Waals surface area contributed by atoms with Crippen LogP contribution in [0.25, 0.3) is 0 Å². The molecule has 1 aromatic rings. The van der Waals surface area contributed by atoms with Gasteiger partial charge in [0.15, 0.2) is 0 Å². The zero-order chi connectivity index (χ0) is 13.7. The van der Waals surface area contributed by atoms with Gasteiger partial charge in [-0.15, -0.1) is 0 Å². The number of carbonyl (C=O) groups is 1. The number of halogens is 1. The molecule has 1 saturated heterocycles. The van der Waals surface area contributed by atoms with Crippen LogP contribution in [-0.2, 0) is 11.3 Å². The molecule has 0 radical (unpaired) electrons. The topological polar surface area (TPSA) is 56.7 Å². The minimum Gasteiger partial charge on any atom is -0.480 e. The number of carboxylic acids is 1. The number of aromatic nitrogens is 1. The van der Waals surface area contributed by atoms with Gasteiger partial charge < -0.3 is 5.11 Å². The Kier molecular flexibility index (Phi) is 5.30. The number of hydrogen-bond donors (Lipinski definition) is 1. The Morgan fingerprint density at radius 3 is 2.68 bits per heavy atom. The second kappa shape index (κ2) is 6.98. The standard InChI is InChI=1S/C13H18BrN3O2/c14-11-2-3-12(15-8-11)9-16-4-1-5-17(7-6-16)10-13(18)19/h2-3,8H,1,4-7,9-10H2,(H,18,19). The quantitative estimate of drug-likeness (QED) is 0.906. The first-order valence-corrected chi connectivity index (χ1v) is 7.20. The largest absolute Gasteiger partial charge is 0.480 e. The molecule has 0 unspecified atom stereocenters. The minimum atomic E-state index is -0.747. The lowest BCUT2D eigenvalue weighted by atomic mass is 10.3. The molecule has 2 rings (SSSR count). The number of nitrogens with zero attached hydrogens (tertiary/aromatic N) is 3. The summed E-state index contributed by atoms with van der Waals surface area (Å²) in [5, 5.41) is 8.81. The first-order valence-electron chi connectivity index (χ1n) is 6.40. The van der Waals surface area contributed by atoms with Crippen molar-refractivity contribution in [2.75, 3.05) is 32.7 Å². The smallest absolute Gasteiger partial charge is 0.317 e. The SMILES string of the molecule is O=C(O)CN1CCCN(Cc2ccc(Br)cn2)CC1. The maximum absolute atomic E-state index is 10.7.